The number of hydrogen-bond donors (Lipinski definition) is 0. The van der Waals surface area contributed by atoms with Crippen LogP contribution in [0.3, 0.4) is 0 Å². The first kappa shape index (κ1) is 18.8. The Morgan fingerprint density at radius 1 is 0.640 bits per heavy atom. The van der Waals surface area contributed by atoms with Crippen molar-refractivity contribution in [1.29, 1.82) is 0 Å². The van der Waals surface area contributed by atoms with E-state index in [1.54, 1.807) is 14.7 Å². The highest BCUT2D eigenvalue weighted by atomic mass is 16.1. The molecule has 0 bridgehead atoms. The number of rotatable bonds is 4. The molecule has 0 radical (unpaired) electrons. The number of aryl methyl sites for hydroxylation is 1. The largest absolute Gasteiger partial charge is 0.368 e. The lowest BCUT2D eigenvalue weighted by atomic mass is 10.2. The molecule has 0 N–H and O–H groups in total. The van der Waals surface area contributed by atoms with Crippen LogP contribution in [0.1, 0.15) is 5.56 Å². The van der Waals surface area contributed by atoms with Gasteiger partial charge in [0.2, 0.25) is 19.2 Å². The topological polar surface area (TPSA) is 64.2 Å². The summed E-state index contributed by atoms with van der Waals surface area (Å²) in [6.07, 6.45) is 2.44. The quantitative estimate of drug-likeness (QED) is 0.730. The minimum atomic E-state index is 0.472. The van der Waals surface area contributed by atoms with Crippen molar-refractivity contribution in [2.45, 2.75) is 6.92 Å². The van der Waals surface area contributed by atoms with Gasteiger partial charge in [0.15, 0.2) is 0 Å². The van der Waals surface area contributed by atoms with Crippen LogP contribution in [0.2, 0.25) is 0 Å². The summed E-state index contributed by atoms with van der Waals surface area (Å²) in [5.41, 5.74) is 2.27. The minimum absolute atomic E-state index is 0.472. The monoisotopic (exact) mass is 346 g/mol. The second-order valence-electron chi connectivity index (χ2n) is 6.25. The summed E-state index contributed by atoms with van der Waals surface area (Å²) in [4.78, 5) is 40.9. The molecule has 7 heteroatoms. The maximum Gasteiger partial charge on any atom is 0.209 e. The van der Waals surface area contributed by atoms with Gasteiger partial charge in [-0.25, -0.2) is 0 Å². The van der Waals surface area contributed by atoms with E-state index >= 15 is 0 Å². The summed E-state index contributed by atoms with van der Waals surface area (Å²) in [6, 6.07) is 8.24. The molecule has 25 heavy (non-hydrogen) atoms. The van der Waals surface area contributed by atoms with Gasteiger partial charge in [0, 0.05) is 58.0 Å². The van der Waals surface area contributed by atoms with Gasteiger partial charge in [-0.3, -0.25) is 14.4 Å². The normalized spacial score (nSPS) is 17.5. The van der Waals surface area contributed by atoms with Crippen molar-refractivity contribution < 1.29 is 14.4 Å². The molecule has 0 aromatic heterocycles. The molecule has 1 heterocycles. The molecule has 1 aromatic rings. The van der Waals surface area contributed by atoms with E-state index in [1.807, 2.05) is 6.92 Å². The van der Waals surface area contributed by atoms with Crippen molar-refractivity contribution in [3.05, 3.63) is 29.8 Å². The van der Waals surface area contributed by atoms with Crippen LogP contribution in [0.4, 0.5) is 5.69 Å². The minimum Gasteiger partial charge on any atom is -0.368 e. The van der Waals surface area contributed by atoms with Crippen molar-refractivity contribution in [2.24, 2.45) is 0 Å². The Kier molecular flexibility index (Phi) is 7.25. The second kappa shape index (κ2) is 9.66. The number of nitrogens with zero attached hydrogens (tertiary/aromatic N) is 4. The molecular weight excluding hydrogens is 320 g/mol. The fraction of sp³-hybridized carbons (Fsp3) is 0.500. The Bertz CT molecular complexity index is 540. The number of carbonyl (C=O) groups excluding carboxylic acids is 3. The average molecular weight is 346 g/mol. The van der Waals surface area contributed by atoms with E-state index in [0.29, 0.717) is 52.4 Å². The molecule has 1 saturated heterocycles. The van der Waals surface area contributed by atoms with Crippen molar-refractivity contribution in [3.8, 4) is 0 Å². The van der Waals surface area contributed by atoms with Gasteiger partial charge in [-0.1, -0.05) is 17.7 Å². The molecule has 7 nitrogen and oxygen atoms in total. The van der Waals surface area contributed by atoms with Crippen LogP contribution < -0.4 is 4.90 Å². The van der Waals surface area contributed by atoms with Crippen LogP contribution in [0.25, 0.3) is 0 Å². The zero-order valence-corrected chi connectivity index (χ0v) is 14.7. The fourth-order valence-electron chi connectivity index (χ4n) is 2.79. The van der Waals surface area contributed by atoms with E-state index in [2.05, 4.69) is 29.2 Å². The standard InChI is InChI=1S/C18H26N4O3/c1-17-2-4-18(5-3-17)22-12-10-20(15-24)8-6-19(14-23)7-9-21(16-25)11-13-22/h2-5,14-16H,6-13H2,1H3. The third-order valence-corrected chi connectivity index (χ3v) is 4.51. The lowest BCUT2D eigenvalue weighted by Crippen LogP contribution is -2.45. The first-order chi connectivity index (χ1) is 12.2. The first-order valence-electron chi connectivity index (χ1n) is 8.56. The summed E-state index contributed by atoms with van der Waals surface area (Å²) in [5, 5.41) is 0. The Balaban J connectivity index is 2.12. The molecule has 0 saturated carbocycles. The van der Waals surface area contributed by atoms with Gasteiger partial charge in [0.25, 0.3) is 0 Å². The Morgan fingerprint density at radius 3 is 1.36 bits per heavy atom. The Morgan fingerprint density at radius 2 is 1.00 bits per heavy atom. The van der Waals surface area contributed by atoms with Crippen LogP contribution in [-0.2, 0) is 14.4 Å². The molecule has 0 unspecified atom stereocenters. The maximum atomic E-state index is 11.3. The third kappa shape index (κ3) is 5.77. The summed E-state index contributed by atoms with van der Waals surface area (Å²) >= 11 is 0. The summed E-state index contributed by atoms with van der Waals surface area (Å²) in [6.45, 7) is 6.47. The molecule has 1 aliphatic rings. The van der Waals surface area contributed by atoms with Crippen molar-refractivity contribution in [1.82, 2.24) is 14.7 Å². The number of anilines is 1. The van der Waals surface area contributed by atoms with Crippen LogP contribution in [0, 0.1) is 6.92 Å². The van der Waals surface area contributed by atoms with Gasteiger partial charge in [-0.15, -0.1) is 0 Å². The third-order valence-electron chi connectivity index (χ3n) is 4.51. The van der Waals surface area contributed by atoms with Crippen LogP contribution >= 0.6 is 0 Å². The summed E-state index contributed by atoms with van der Waals surface area (Å²) < 4.78 is 0. The molecule has 2 rings (SSSR count). The molecule has 136 valence electrons. The highest BCUT2D eigenvalue weighted by Crippen LogP contribution is 2.15. The lowest BCUT2D eigenvalue weighted by Gasteiger charge is -2.32. The summed E-state index contributed by atoms with van der Waals surface area (Å²) in [7, 11) is 0. The summed E-state index contributed by atoms with van der Waals surface area (Å²) in [5.74, 6) is 0. The van der Waals surface area contributed by atoms with Crippen molar-refractivity contribution in [3.63, 3.8) is 0 Å². The molecule has 1 aromatic carbocycles. The van der Waals surface area contributed by atoms with Gasteiger partial charge in [0.1, 0.15) is 0 Å². The van der Waals surface area contributed by atoms with Crippen molar-refractivity contribution >= 4 is 24.9 Å². The Labute approximate surface area is 148 Å². The zero-order valence-electron chi connectivity index (χ0n) is 14.7. The number of carbonyl (C=O) groups is 3. The SMILES string of the molecule is Cc1ccc(N2CCN(C=O)CCN(C=O)CCN(C=O)CC2)cc1. The molecule has 0 atom stereocenters. The molecular formula is C18H26N4O3. The van der Waals surface area contributed by atoms with Crippen LogP contribution in [-0.4, -0.2) is 86.3 Å². The molecule has 0 spiro atoms. The van der Waals surface area contributed by atoms with Gasteiger partial charge >= 0.3 is 0 Å². The fourth-order valence-corrected chi connectivity index (χ4v) is 2.79. The van der Waals surface area contributed by atoms with Gasteiger partial charge in [-0.2, -0.15) is 0 Å². The highest BCUT2D eigenvalue weighted by molar-refractivity contribution is 5.51. The van der Waals surface area contributed by atoms with Gasteiger partial charge < -0.3 is 19.6 Å². The van der Waals surface area contributed by atoms with Gasteiger partial charge in [-0.05, 0) is 19.1 Å². The van der Waals surface area contributed by atoms with E-state index in [0.717, 1.165) is 24.9 Å². The second-order valence-corrected chi connectivity index (χ2v) is 6.25. The van der Waals surface area contributed by atoms with E-state index < -0.39 is 0 Å². The van der Waals surface area contributed by atoms with Crippen LogP contribution in [0.5, 0.6) is 0 Å². The number of benzene rings is 1. The average Bonchev–Trinajstić information content (AvgIpc) is 2.63. The van der Waals surface area contributed by atoms with Gasteiger partial charge in [0.05, 0.1) is 0 Å². The molecule has 1 fully saturated rings. The van der Waals surface area contributed by atoms with E-state index in [9.17, 15) is 14.4 Å². The molecule has 1 aliphatic heterocycles. The number of hydrogen-bond acceptors (Lipinski definition) is 4. The van der Waals surface area contributed by atoms with E-state index in [1.165, 1.54) is 5.56 Å². The predicted octanol–water partition coefficient (Wildman–Crippen LogP) is 0.190. The zero-order chi connectivity index (χ0) is 18.1. The Hall–Kier alpha value is -2.57. The van der Waals surface area contributed by atoms with Crippen LogP contribution in [0.15, 0.2) is 24.3 Å². The molecule has 3 amide bonds. The first-order valence-corrected chi connectivity index (χ1v) is 8.56. The smallest absolute Gasteiger partial charge is 0.209 e. The lowest BCUT2D eigenvalue weighted by molar-refractivity contribution is -0.123. The van der Waals surface area contributed by atoms with E-state index in [4.69, 9.17) is 0 Å². The van der Waals surface area contributed by atoms with E-state index in [-0.39, 0.29) is 0 Å². The highest BCUT2D eigenvalue weighted by Gasteiger charge is 2.14. The molecule has 0 aliphatic carbocycles. The predicted molar refractivity (Wildman–Crippen MR) is 96.3 cm³/mol. The van der Waals surface area contributed by atoms with Crippen molar-refractivity contribution in [2.75, 3.05) is 57.3 Å². The maximum absolute atomic E-state index is 11.3. The number of amides is 3.